The van der Waals surface area contributed by atoms with E-state index in [2.05, 4.69) is 54.8 Å². The number of aryl methyl sites for hydroxylation is 3. The number of furan rings is 1. The summed E-state index contributed by atoms with van der Waals surface area (Å²) < 4.78 is 24.2. The fraction of sp³-hybridized carbons (Fsp3) is 0.281. The van der Waals surface area contributed by atoms with E-state index in [0.717, 1.165) is 44.3 Å². The SMILES string of the molecule is Cc1cc(C2CCCCC2)ccc1-c1c(F)ccc2c1oc1c(-c3cccc[n+]3C)c(C)ccc12. The smallest absolute Gasteiger partial charge is 0.216 e. The van der Waals surface area contributed by atoms with E-state index in [0.29, 0.717) is 17.1 Å². The van der Waals surface area contributed by atoms with Crippen molar-refractivity contribution >= 4 is 21.9 Å². The molecule has 1 saturated carbocycles. The lowest BCUT2D eigenvalue weighted by molar-refractivity contribution is -0.660. The molecule has 0 N–H and O–H groups in total. The fourth-order valence-electron chi connectivity index (χ4n) is 5.99. The Labute approximate surface area is 206 Å². The highest BCUT2D eigenvalue weighted by Gasteiger charge is 2.24. The molecule has 6 rings (SSSR count). The van der Waals surface area contributed by atoms with Crippen LogP contribution >= 0.6 is 0 Å². The van der Waals surface area contributed by atoms with Crippen molar-refractivity contribution in [1.82, 2.24) is 0 Å². The molecule has 0 aliphatic heterocycles. The number of fused-ring (bicyclic) bond motifs is 3. The maximum absolute atomic E-state index is 15.5. The molecule has 3 aromatic carbocycles. The summed E-state index contributed by atoms with van der Waals surface area (Å²) >= 11 is 0. The maximum Gasteiger partial charge on any atom is 0.216 e. The summed E-state index contributed by atoms with van der Waals surface area (Å²) in [4.78, 5) is 0. The highest BCUT2D eigenvalue weighted by atomic mass is 19.1. The summed E-state index contributed by atoms with van der Waals surface area (Å²) in [6, 6.07) is 20.4. The minimum atomic E-state index is -0.242. The number of pyridine rings is 1. The van der Waals surface area contributed by atoms with Gasteiger partial charge in [0, 0.05) is 22.9 Å². The number of hydrogen-bond acceptors (Lipinski definition) is 1. The van der Waals surface area contributed by atoms with E-state index in [9.17, 15) is 0 Å². The zero-order valence-electron chi connectivity index (χ0n) is 20.7. The molecule has 0 saturated heterocycles. The first-order valence-electron chi connectivity index (χ1n) is 12.7. The molecule has 0 amide bonds. The van der Waals surface area contributed by atoms with Crippen molar-refractivity contribution in [1.29, 1.82) is 0 Å². The topological polar surface area (TPSA) is 17.0 Å². The van der Waals surface area contributed by atoms with E-state index in [1.54, 1.807) is 6.07 Å². The molecule has 3 heteroatoms. The van der Waals surface area contributed by atoms with Crippen LogP contribution in [0.1, 0.15) is 54.7 Å². The molecular formula is C32H31FNO+. The van der Waals surface area contributed by atoms with Crippen molar-refractivity contribution in [2.75, 3.05) is 0 Å². The highest BCUT2D eigenvalue weighted by Crippen LogP contribution is 2.43. The van der Waals surface area contributed by atoms with Gasteiger partial charge < -0.3 is 4.42 Å². The molecular weight excluding hydrogens is 433 g/mol. The third kappa shape index (κ3) is 3.65. The predicted molar refractivity (Wildman–Crippen MR) is 141 cm³/mol. The lowest BCUT2D eigenvalue weighted by Gasteiger charge is -2.23. The molecule has 35 heavy (non-hydrogen) atoms. The molecule has 1 fully saturated rings. The first-order chi connectivity index (χ1) is 17.0. The Hall–Kier alpha value is -3.46. The van der Waals surface area contributed by atoms with Crippen molar-refractivity contribution in [3.63, 3.8) is 0 Å². The number of halogens is 1. The lowest BCUT2D eigenvalue weighted by Crippen LogP contribution is -2.30. The van der Waals surface area contributed by atoms with Gasteiger partial charge in [0.15, 0.2) is 6.20 Å². The Morgan fingerprint density at radius 2 is 1.54 bits per heavy atom. The van der Waals surface area contributed by atoms with Crippen LogP contribution in [0.2, 0.25) is 0 Å². The van der Waals surface area contributed by atoms with Gasteiger partial charge in [-0.2, -0.15) is 0 Å². The Bertz CT molecular complexity index is 1570. The summed E-state index contributed by atoms with van der Waals surface area (Å²) in [6.07, 6.45) is 8.50. The molecule has 1 aliphatic carbocycles. The van der Waals surface area contributed by atoms with Crippen molar-refractivity contribution in [2.45, 2.75) is 51.9 Å². The number of rotatable bonds is 3. The van der Waals surface area contributed by atoms with E-state index in [1.807, 2.05) is 31.4 Å². The fourth-order valence-corrected chi connectivity index (χ4v) is 5.99. The van der Waals surface area contributed by atoms with E-state index >= 15 is 4.39 Å². The van der Waals surface area contributed by atoms with Crippen LogP contribution in [-0.2, 0) is 7.05 Å². The first kappa shape index (κ1) is 22.0. The van der Waals surface area contributed by atoms with Crippen LogP contribution in [0.4, 0.5) is 4.39 Å². The number of benzene rings is 3. The Morgan fingerprint density at radius 3 is 2.29 bits per heavy atom. The van der Waals surface area contributed by atoms with Crippen molar-refractivity contribution < 1.29 is 13.4 Å². The van der Waals surface area contributed by atoms with Crippen molar-refractivity contribution in [3.05, 3.63) is 89.4 Å². The Balaban J connectivity index is 1.57. The summed E-state index contributed by atoms with van der Waals surface area (Å²) in [7, 11) is 2.04. The Morgan fingerprint density at radius 1 is 0.800 bits per heavy atom. The molecule has 1 aliphatic rings. The van der Waals surface area contributed by atoms with Gasteiger partial charge >= 0.3 is 0 Å². The van der Waals surface area contributed by atoms with Gasteiger partial charge in [-0.1, -0.05) is 49.6 Å². The normalized spacial score (nSPS) is 14.7. The molecule has 2 nitrogen and oxygen atoms in total. The van der Waals surface area contributed by atoms with Gasteiger partial charge in [-0.3, -0.25) is 0 Å². The van der Waals surface area contributed by atoms with Gasteiger partial charge in [-0.15, -0.1) is 0 Å². The van der Waals surface area contributed by atoms with Gasteiger partial charge in [0.05, 0.1) is 11.1 Å². The monoisotopic (exact) mass is 464 g/mol. The van der Waals surface area contributed by atoms with Gasteiger partial charge in [0.1, 0.15) is 24.0 Å². The maximum atomic E-state index is 15.5. The second-order valence-corrected chi connectivity index (χ2v) is 10.1. The van der Waals surface area contributed by atoms with Crippen LogP contribution in [0.25, 0.3) is 44.3 Å². The van der Waals surface area contributed by atoms with E-state index < -0.39 is 0 Å². The molecule has 0 unspecified atom stereocenters. The average Bonchev–Trinajstić information content (AvgIpc) is 3.24. The quantitative estimate of drug-likeness (QED) is 0.244. The molecule has 176 valence electrons. The van der Waals surface area contributed by atoms with E-state index in [-0.39, 0.29) is 5.82 Å². The van der Waals surface area contributed by atoms with Crippen molar-refractivity contribution in [2.24, 2.45) is 7.05 Å². The second-order valence-electron chi connectivity index (χ2n) is 10.1. The first-order valence-corrected chi connectivity index (χ1v) is 12.7. The van der Waals surface area contributed by atoms with Crippen LogP contribution in [0.5, 0.6) is 0 Å². The number of hydrogen-bond donors (Lipinski definition) is 0. The number of nitrogens with zero attached hydrogens (tertiary/aromatic N) is 1. The van der Waals surface area contributed by atoms with E-state index in [4.69, 9.17) is 4.42 Å². The van der Waals surface area contributed by atoms with Crippen LogP contribution in [0, 0.1) is 19.7 Å². The van der Waals surface area contributed by atoms with Crippen LogP contribution in [-0.4, -0.2) is 0 Å². The molecule has 5 aromatic rings. The summed E-state index contributed by atoms with van der Waals surface area (Å²) in [5.74, 6) is 0.383. The van der Waals surface area contributed by atoms with Crippen LogP contribution in [0.15, 0.2) is 71.3 Å². The van der Waals surface area contributed by atoms with Crippen LogP contribution in [0.3, 0.4) is 0 Å². The Kier molecular flexibility index (Phi) is 5.44. The zero-order chi connectivity index (χ0) is 24.1. The van der Waals surface area contributed by atoms with Gasteiger partial charge in [0.2, 0.25) is 5.69 Å². The van der Waals surface area contributed by atoms with Gasteiger partial charge in [0.25, 0.3) is 0 Å². The third-order valence-corrected chi connectivity index (χ3v) is 7.87. The average molecular weight is 465 g/mol. The predicted octanol–water partition coefficient (Wildman–Crippen LogP) is 8.55. The minimum absolute atomic E-state index is 0.242. The third-order valence-electron chi connectivity index (χ3n) is 7.87. The highest BCUT2D eigenvalue weighted by molar-refractivity contribution is 6.13. The molecule has 0 spiro atoms. The van der Waals surface area contributed by atoms with Crippen molar-refractivity contribution in [3.8, 4) is 22.4 Å². The summed E-state index contributed by atoms with van der Waals surface area (Å²) in [6.45, 7) is 4.20. The standard InChI is InChI=1S/C32H31FNO/c1-20-12-14-25-26-16-17-27(33)30(24-15-13-23(19-21(24)2)22-9-5-4-6-10-22)32(26)35-31(25)29(20)28-11-7-8-18-34(28)3/h7-8,11-19,22H,4-6,9-10H2,1-3H3/q+1. The molecule has 0 atom stereocenters. The summed E-state index contributed by atoms with van der Waals surface area (Å²) in [5, 5.41) is 1.97. The van der Waals surface area contributed by atoms with E-state index in [1.165, 1.54) is 37.7 Å². The molecule has 0 radical (unpaired) electrons. The van der Waals surface area contributed by atoms with Gasteiger partial charge in [-0.25, -0.2) is 8.96 Å². The lowest BCUT2D eigenvalue weighted by atomic mass is 9.82. The summed E-state index contributed by atoms with van der Waals surface area (Å²) in [5.41, 5.74) is 8.66. The molecule has 2 heterocycles. The van der Waals surface area contributed by atoms with Crippen LogP contribution < -0.4 is 4.57 Å². The largest absolute Gasteiger partial charge is 0.454 e. The zero-order valence-corrected chi connectivity index (χ0v) is 20.7. The minimum Gasteiger partial charge on any atom is -0.454 e. The molecule has 0 bridgehead atoms. The van der Waals surface area contributed by atoms with Gasteiger partial charge in [-0.05, 0) is 73.1 Å². The number of aromatic nitrogens is 1. The molecule has 2 aromatic heterocycles. The second kappa shape index (κ2) is 8.64.